The first-order chi connectivity index (χ1) is 11.3. The smallest absolute Gasteiger partial charge is 0.325 e. The highest BCUT2D eigenvalue weighted by Gasteiger charge is 2.60. The third-order valence-electron chi connectivity index (χ3n) is 6.17. The van der Waals surface area contributed by atoms with Gasteiger partial charge in [0.15, 0.2) is 0 Å². The SMILES string of the molecule is CCC1(CC)NC(=O)N(CC(=O)N[C@@H]2[C@H]3CCO[C@H]3C2(C)C)C1=O. The molecule has 0 radical (unpaired) electrons. The molecule has 0 aromatic heterocycles. The average Bonchev–Trinajstić information content (AvgIpc) is 3.10. The summed E-state index contributed by atoms with van der Waals surface area (Å²) in [7, 11) is 0. The maximum atomic E-state index is 12.6. The second kappa shape index (κ2) is 5.72. The predicted octanol–water partition coefficient (Wildman–Crippen LogP) is 1.03. The number of amides is 4. The molecule has 2 aliphatic heterocycles. The van der Waals surface area contributed by atoms with Crippen LogP contribution in [0.5, 0.6) is 0 Å². The van der Waals surface area contributed by atoms with Crippen molar-refractivity contribution in [2.45, 2.75) is 64.6 Å². The normalized spacial score (nSPS) is 33.0. The Morgan fingerprint density at radius 1 is 1.33 bits per heavy atom. The number of imide groups is 1. The molecule has 3 rings (SSSR count). The third-order valence-corrected chi connectivity index (χ3v) is 6.17. The summed E-state index contributed by atoms with van der Waals surface area (Å²) >= 11 is 0. The molecule has 2 saturated heterocycles. The van der Waals surface area contributed by atoms with E-state index in [0.717, 1.165) is 17.9 Å². The Kier molecular flexibility index (Phi) is 4.10. The van der Waals surface area contributed by atoms with Crippen LogP contribution in [-0.2, 0) is 14.3 Å². The van der Waals surface area contributed by atoms with Crippen LogP contribution in [0, 0.1) is 11.3 Å². The summed E-state index contributed by atoms with van der Waals surface area (Å²) in [6.45, 7) is 8.39. The Balaban J connectivity index is 1.63. The van der Waals surface area contributed by atoms with Gasteiger partial charge in [-0.2, -0.15) is 0 Å². The Morgan fingerprint density at radius 2 is 2.00 bits per heavy atom. The lowest BCUT2D eigenvalue weighted by atomic mass is 9.57. The molecular formula is C17H27N3O4. The Bertz CT molecular complexity index is 570. The Labute approximate surface area is 142 Å². The lowest BCUT2D eigenvalue weighted by Gasteiger charge is -2.54. The van der Waals surface area contributed by atoms with E-state index in [0.29, 0.717) is 18.8 Å². The lowest BCUT2D eigenvalue weighted by Crippen LogP contribution is -2.67. The van der Waals surface area contributed by atoms with Gasteiger partial charge in [-0.15, -0.1) is 0 Å². The molecule has 0 unspecified atom stereocenters. The molecule has 1 aliphatic carbocycles. The quantitative estimate of drug-likeness (QED) is 0.734. The van der Waals surface area contributed by atoms with E-state index in [2.05, 4.69) is 24.5 Å². The number of hydrogen-bond donors (Lipinski definition) is 2. The van der Waals surface area contributed by atoms with E-state index in [1.165, 1.54) is 0 Å². The summed E-state index contributed by atoms with van der Waals surface area (Å²) in [6.07, 6.45) is 2.16. The lowest BCUT2D eigenvalue weighted by molar-refractivity contribution is -0.142. The van der Waals surface area contributed by atoms with Gasteiger partial charge >= 0.3 is 6.03 Å². The summed E-state index contributed by atoms with van der Waals surface area (Å²) in [5.41, 5.74) is -0.984. The number of nitrogens with one attached hydrogen (secondary N) is 2. The van der Waals surface area contributed by atoms with E-state index < -0.39 is 11.6 Å². The van der Waals surface area contributed by atoms with Crippen LogP contribution in [0.2, 0.25) is 0 Å². The van der Waals surface area contributed by atoms with Gasteiger partial charge in [0, 0.05) is 24.0 Å². The highest BCUT2D eigenvalue weighted by atomic mass is 16.5. The molecule has 0 bridgehead atoms. The summed E-state index contributed by atoms with van der Waals surface area (Å²) in [4.78, 5) is 38.2. The van der Waals surface area contributed by atoms with Crippen LogP contribution in [0.25, 0.3) is 0 Å². The van der Waals surface area contributed by atoms with Crippen molar-refractivity contribution < 1.29 is 19.1 Å². The van der Waals surface area contributed by atoms with Crippen molar-refractivity contribution >= 4 is 17.8 Å². The van der Waals surface area contributed by atoms with E-state index in [1.54, 1.807) is 0 Å². The van der Waals surface area contributed by atoms with Crippen LogP contribution in [-0.4, -0.2) is 53.6 Å². The standard InChI is InChI=1S/C17H27N3O4/c1-5-17(6-2)14(22)20(15(23)19-17)9-11(21)18-12-10-7-8-24-13(10)16(12,3)4/h10,12-13H,5-9H2,1-4H3,(H,18,21)(H,19,23)/t10-,12-,13-/m1/s1. The Morgan fingerprint density at radius 3 is 2.58 bits per heavy atom. The molecule has 7 nitrogen and oxygen atoms in total. The number of urea groups is 1. The second-order valence-electron chi connectivity index (χ2n) is 7.72. The van der Waals surface area contributed by atoms with Gasteiger partial charge in [0.25, 0.3) is 5.91 Å². The van der Waals surface area contributed by atoms with E-state index in [1.807, 2.05) is 13.8 Å². The minimum Gasteiger partial charge on any atom is -0.377 e. The van der Waals surface area contributed by atoms with Crippen molar-refractivity contribution in [1.29, 1.82) is 0 Å². The molecule has 0 spiro atoms. The number of rotatable bonds is 5. The Hall–Kier alpha value is -1.63. The number of carbonyl (C=O) groups excluding carboxylic acids is 3. The van der Waals surface area contributed by atoms with E-state index in [9.17, 15) is 14.4 Å². The molecule has 3 fully saturated rings. The van der Waals surface area contributed by atoms with Crippen molar-refractivity contribution in [3.05, 3.63) is 0 Å². The number of fused-ring (bicyclic) bond motifs is 1. The summed E-state index contributed by atoms with van der Waals surface area (Å²) in [6, 6.07) is -0.450. The largest absolute Gasteiger partial charge is 0.377 e. The highest BCUT2D eigenvalue weighted by Crippen LogP contribution is 2.52. The minimum atomic E-state index is -0.864. The zero-order chi connectivity index (χ0) is 17.7. The number of carbonyl (C=O) groups is 3. The molecule has 0 aromatic carbocycles. The first-order valence-corrected chi connectivity index (χ1v) is 8.82. The molecule has 3 aliphatic rings. The van der Waals surface area contributed by atoms with Crippen molar-refractivity contribution in [3.8, 4) is 0 Å². The zero-order valence-corrected chi connectivity index (χ0v) is 14.8. The van der Waals surface area contributed by atoms with Gasteiger partial charge < -0.3 is 15.4 Å². The predicted molar refractivity (Wildman–Crippen MR) is 87.1 cm³/mol. The minimum absolute atomic E-state index is 0.0281. The van der Waals surface area contributed by atoms with Crippen molar-refractivity contribution in [2.75, 3.05) is 13.2 Å². The van der Waals surface area contributed by atoms with E-state index >= 15 is 0 Å². The summed E-state index contributed by atoms with van der Waals surface area (Å²) in [5.74, 6) is -0.259. The van der Waals surface area contributed by atoms with Gasteiger partial charge in [-0.25, -0.2) is 4.79 Å². The average molecular weight is 337 g/mol. The molecule has 0 aromatic rings. The van der Waals surface area contributed by atoms with E-state index in [4.69, 9.17) is 4.74 Å². The molecule has 3 atom stereocenters. The molecule has 4 amide bonds. The highest BCUT2D eigenvalue weighted by molar-refractivity contribution is 6.09. The van der Waals surface area contributed by atoms with Crippen LogP contribution in [0.4, 0.5) is 4.79 Å². The van der Waals surface area contributed by atoms with Gasteiger partial charge in [0.2, 0.25) is 5.91 Å². The topological polar surface area (TPSA) is 87.7 Å². The fraction of sp³-hybridized carbons (Fsp3) is 0.824. The van der Waals surface area contributed by atoms with Crippen molar-refractivity contribution in [3.63, 3.8) is 0 Å². The fourth-order valence-corrected chi connectivity index (χ4v) is 4.53. The van der Waals surface area contributed by atoms with Crippen molar-refractivity contribution in [2.24, 2.45) is 11.3 Å². The molecule has 2 N–H and O–H groups in total. The third kappa shape index (κ3) is 2.32. The van der Waals surface area contributed by atoms with Gasteiger partial charge in [-0.1, -0.05) is 27.7 Å². The van der Waals surface area contributed by atoms with Gasteiger partial charge in [0.05, 0.1) is 6.10 Å². The van der Waals surface area contributed by atoms with Gasteiger partial charge in [0.1, 0.15) is 12.1 Å². The fourth-order valence-electron chi connectivity index (χ4n) is 4.53. The van der Waals surface area contributed by atoms with Crippen LogP contribution in [0.15, 0.2) is 0 Å². The maximum absolute atomic E-state index is 12.6. The number of ether oxygens (including phenoxy) is 1. The van der Waals surface area contributed by atoms with Crippen LogP contribution >= 0.6 is 0 Å². The zero-order valence-electron chi connectivity index (χ0n) is 14.8. The van der Waals surface area contributed by atoms with Gasteiger partial charge in [-0.05, 0) is 19.3 Å². The van der Waals surface area contributed by atoms with Crippen molar-refractivity contribution in [1.82, 2.24) is 15.5 Å². The summed E-state index contributed by atoms with van der Waals surface area (Å²) in [5, 5.41) is 5.76. The van der Waals surface area contributed by atoms with Crippen LogP contribution < -0.4 is 10.6 Å². The summed E-state index contributed by atoms with van der Waals surface area (Å²) < 4.78 is 5.72. The monoisotopic (exact) mass is 337 g/mol. The van der Waals surface area contributed by atoms with E-state index in [-0.39, 0.29) is 35.9 Å². The van der Waals surface area contributed by atoms with Crippen LogP contribution in [0.3, 0.4) is 0 Å². The molecule has 24 heavy (non-hydrogen) atoms. The molecule has 7 heteroatoms. The number of nitrogens with zero attached hydrogens (tertiary/aromatic N) is 1. The van der Waals surface area contributed by atoms with Crippen LogP contribution in [0.1, 0.15) is 47.0 Å². The first kappa shape index (κ1) is 17.2. The molecule has 1 saturated carbocycles. The molecule has 134 valence electrons. The first-order valence-electron chi connectivity index (χ1n) is 8.82. The van der Waals surface area contributed by atoms with Gasteiger partial charge in [-0.3, -0.25) is 14.5 Å². The maximum Gasteiger partial charge on any atom is 0.325 e. The second-order valence-corrected chi connectivity index (χ2v) is 7.72. The molecular weight excluding hydrogens is 310 g/mol. The molecule has 2 heterocycles. The number of hydrogen-bond acceptors (Lipinski definition) is 4.